The largest absolute Gasteiger partial charge is 0.434 e. The average Bonchev–Trinajstić information content (AvgIpc) is 2.97. The van der Waals surface area contributed by atoms with Crippen molar-refractivity contribution in [3.05, 3.63) is 29.6 Å². The normalized spacial score (nSPS) is 16.1. The molecule has 0 saturated heterocycles. The lowest BCUT2D eigenvalue weighted by atomic mass is 10.2. The number of hydrogen-bond donors (Lipinski definition) is 2. The van der Waals surface area contributed by atoms with Crippen molar-refractivity contribution in [1.29, 1.82) is 0 Å². The summed E-state index contributed by atoms with van der Waals surface area (Å²) in [7, 11) is 1.61. The number of ether oxygens (including phenoxy) is 1. The van der Waals surface area contributed by atoms with Crippen LogP contribution in [0.3, 0.4) is 0 Å². The van der Waals surface area contributed by atoms with Crippen LogP contribution in [-0.4, -0.2) is 25.7 Å². The Bertz CT molecular complexity index is 517. The minimum absolute atomic E-state index is 0.0150. The van der Waals surface area contributed by atoms with E-state index in [9.17, 15) is 13.2 Å². The Morgan fingerprint density at radius 3 is 2.73 bits per heavy atom. The van der Waals surface area contributed by atoms with Crippen LogP contribution in [-0.2, 0) is 6.54 Å². The Morgan fingerprint density at radius 1 is 1.36 bits per heavy atom. The second kappa shape index (κ2) is 7.91. The highest BCUT2D eigenvalue weighted by Crippen LogP contribution is 2.23. The van der Waals surface area contributed by atoms with Gasteiger partial charge in [0, 0.05) is 25.2 Å². The molecule has 1 aromatic carbocycles. The predicted molar refractivity (Wildman–Crippen MR) is 78.6 cm³/mol. The van der Waals surface area contributed by atoms with E-state index >= 15 is 0 Å². The Hall–Kier alpha value is -1.92. The van der Waals surface area contributed by atoms with Gasteiger partial charge in [0.2, 0.25) is 0 Å². The van der Waals surface area contributed by atoms with E-state index in [1.165, 1.54) is 31.0 Å². The number of rotatable bonds is 5. The average molecular weight is 315 g/mol. The quantitative estimate of drug-likeness (QED) is 0.648. The molecule has 1 aromatic rings. The second-order valence-electron chi connectivity index (χ2n) is 5.15. The molecule has 0 bridgehead atoms. The minimum Gasteiger partial charge on any atom is -0.434 e. The number of hydrogen-bond acceptors (Lipinski definition) is 2. The number of benzene rings is 1. The van der Waals surface area contributed by atoms with Crippen LogP contribution in [0.2, 0.25) is 0 Å². The maximum absolute atomic E-state index is 13.8. The van der Waals surface area contributed by atoms with Gasteiger partial charge in [0.15, 0.2) is 5.96 Å². The van der Waals surface area contributed by atoms with Gasteiger partial charge in [-0.3, -0.25) is 4.99 Å². The van der Waals surface area contributed by atoms with Crippen molar-refractivity contribution in [2.45, 2.75) is 44.9 Å². The maximum atomic E-state index is 13.8. The summed E-state index contributed by atoms with van der Waals surface area (Å²) >= 11 is 0. The van der Waals surface area contributed by atoms with Gasteiger partial charge in [0.1, 0.15) is 11.6 Å². The summed E-state index contributed by atoms with van der Waals surface area (Å²) < 4.78 is 42.9. The number of guanidine groups is 1. The predicted octanol–water partition coefficient (Wildman–Crippen LogP) is 3.03. The van der Waals surface area contributed by atoms with E-state index in [-0.39, 0.29) is 17.9 Å². The summed E-state index contributed by atoms with van der Waals surface area (Å²) in [5.41, 5.74) is 0.0529. The molecule has 2 rings (SSSR count). The molecule has 22 heavy (non-hydrogen) atoms. The van der Waals surface area contributed by atoms with Crippen LogP contribution in [0.15, 0.2) is 23.2 Å². The number of nitrogens with zero attached hydrogens (tertiary/aromatic N) is 1. The van der Waals surface area contributed by atoms with Crippen LogP contribution in [0.4, 0.5) is 13.2 Å². The number of nitrogens with one attached hydrogen (secondary N) is 2. The number of alkyl halides is 2. The molecule has 0 unspecified atom stereocenters. The maximum Gasteiger partial charge on any atom is 0.387 e. The minimum atomic E-state index is -2.99. The standard InChI is InChI=1S/C15H20F3N3O/c1-19-15(21-10-5-2-3-6-10)20-9-11-12(16)7-4-8-13(11)22-14(17)18/h4,7-8,10,14H,2-3,5-6,9H2,1H3,(H2,19,20,21). The molecule has 1 aliphatic carbocycles. The Morgan fingerprint density at radius 2 is 2.09 bits per heavy atom. The summed E-state index contributed by atoms with van der Waals surface area (Å²) in [5, 5.41) is 6.18. The molecule has 2 N–H and O–H groups in total. The molecular weight excluding hydrogens is 295 g/mol. The van der Waals surface area contributed by atoms with Gasteiger partial charge in [-0.2, -0.15) is 8.78 Å². The van der Waals surface area contributed by atoms with E-state index < -0.39 is 12.4 Å². The lowest BCUT2D eigenvalue weighted by Gasteiger charge is -2.18. The van der Waals surface area contributed by atoms with Crippen molar-refractivity contribution < 1.29 is 17.9 Å². The van der Waals surface area contributed by atoms with Gasteiger partial charge in [-0.1, -0.05) is 18.9 Å². The third-order valence-electron chi connectivity index (χ3n) is 3.64. The van der Waals surface area contributed by atoms with Gasteiger partial charge in [0.25, 0.3) is 0 Å². The molecule has 0 heterocycles. The first-order valence-electron chi connectivity index (χ1n) is 7.29. The van der Waals surface area contributed by atoms with Crippen LogP contribution >= 0.6 is 0 Å². The van der Waals surface area contributed by atoms with E-state index in [1.54, 1.807) is 7.05 Å². The van der Waals surface area contributed by atoms with E-state index in [1.807, 2.05) is 0 Å². The Balaban J connectivity index is 2.00. The topological polar surface area (TPSA) is 45.7 Å². The van der Waals surface area contributed by atoms with Crippen molar-refractivity contribution in [3.63, 3.8) is 0 Å². The van der Waals surface area contributed by atoms with Gasteiger partial charge in [-0.25, -0.2) is 4.39 Å². The van der Waals surface area contributed by atoms with Crippen LogP contribution in [0, 0.1) is 5.82 Å². The first-order chi connectivity index (χ1) is 10.6. The molecule has 0 radical (unpaired) electrons. The smallest absolute Gasteiger partial charge is 0.387 e. The van der Waals surface area contributed by atoms with E-state index in [2.05, 4.69) is 20.4 Å². The Labute approximate surface area is 127 Å². The lowest BCUT2D eigenvalue weighted by molar-refractivity contribution is -0.0506. The molecule has 4 nitrogen and oxygen atoms in total. The van der Waals surface area contributed by atoms with Crippen LogP contribution in [0.1, 0.15) is 31.2 Å². The highest BCUT2D eigenvalue weighted by Gasteiger charge is 2.17. The third-order valence-corrected chi connectivity index (χ3v) is 3.64. The van der Waals surface area contributed by atoms with E-state index in [4.69, 9.17) is 0 Å². The summed E-state index contributed by atoms with van der Waals surface area (Å²) in [5.74, 6) is -0.237. The van der Waals surface area contributed by atoms with Crippen LogP contribution in [0.25, 0.3) is 0 Å². The second-order valence-corrected chi connectivity index (χ2v) is 5.15. The third kappa shape index (κ3) is 4.54. The fraction of sp³-hybridized carbons (Fsp3) is 0.533. The Kier molecular flexibility index (Phi) is 5.91. The van der Waals surface area contributed by atoms with Crippen molar-refractivity contribution in [3.8, 4) is 5.75 Å². The molecule has 0 aliphatic heterocycles. The molecule has 1 aliphatic rings. The van der Waals surface area contributed by atoms with Crippen molar-refractivity contribution in [1.82, 2.24) is 10.6 Å². The van der Waals surface area contributed by atoms with Gasteiger partial charge in [0.05, 0.1) is 0 Å². The van der Waals surface area contributed by atoms with Gasteiger partial charge in [-0.05, 0) is 25.0 Å². The summed E-state index contributed by atoms with van der Waals surface area (Å²) in [6, 6.07) is 4.22. The van der Waals surface area contributed by atoms with Gasteiger partial charge in [-0.15, -0.1) is 0 Å². The van der Waals surface area contributed by atoms with Crippen molar-refractivity contribution in [2.24, 2.45) is 4.99 Å². The molecule has 0 spiro atoms. The summed E-state index contributed by atoms with van der Waals surface area (Å²) in [6.07, 6.45) is 4.49. The summed E-state index contributed by atoms with van der Waals surface area (Å²) in [4.78, 5) is 4.07. The molecular formula is C15H20F3N3O. The van der Waals surface area contributed by atoms with Crippen LogP contribution in [0.5, 0.6) is 5.75 Å². The number of aliphatic imine (C=N–C) groups is 1. The van der Waals surface area contributed by atoms with Gasteiger partial charge < -0.3 is 15.4 Å². The van der Waals surface area contributed by atoms with Crippen molar-refractivity contribution in [2.75, 3.05) is 7.05 Å². The molecule has 1 fully saturated rings. The van der Waals surface area contributed by atoms with Gasteiger partial charge >= 0.3 is 6.61 Å². The number of halogens is 3. The summed E-state index contributed by atoms with van der Waals surface area (Å²) in [6.45, 7) is -2.97. The van der Waals surface area contributed by atoms with Crippen molar-refractivity contribution >= 4 is 5.96 Å². The first kappa shape index (κ1) is 16.5. The van der Waals surface area contributed by atoms with E-state index in [0.717, 1.165) is 12.8 Å². The monoisotopic (exact) mass is 315 g/mol. The molecule has 7 heteroatoms. The fourth-order valence-electron chi connectivity index (χ4n) is 2.55. The zero-order valence-corrected chi connectivity index (χ0v) is 12.4. The molecule has 0 atom stereocenters. The zero-order chi connectivity index (χ0) is 15.9. The molecule has 1 saturated carbocycles. The SMILES string of the molecule is CN=C(NCc1c(F)cccc1OC(F)F)NC1CCCC1. The highest BCUT2D eigenvalue weighted by molar-refractivity contribution is 5.80. The first-order valence-corrected chi connectivity index (χ1v) is 7.29. The van der Waals surface area contributed by atoms with E-state index in [0.29, 0.717) is 12.0 Å². The lowest BCUT2D eigenvalue weighted by Crippen LogP contribution is -2.42. The van der Waals surface area contributed by atoms with Crippen LogP contribution < -0.4 is 15.4 Å². The zero-order valence-electron chi connectivity index (χ0n) is 12.4. The molecule has 0 aromatic heterocycles. The molecule has 122 valence electrons. The highest BCUT2D eigenvalue weighted by atomic mass is 19.3. The fourth-order valence-corrected chi connectivity index (χ4v) is 2.55. The molecule has 0 amide bonds.